The van der Waals surface area contributed by atoms with Gasteiger partial charge in [0.25, 0.3) is 0 Å². The van der Waals surface area contributed by atoms with Gasteiger partial charge in [-0.3, -0.25) is 4.79 Å². The van der Waals surface area contributed by atoms with Crippen molar-refractivity contribution in [3.05, 3.63) is 30.5 Å². The number of hydrogen-bond acceptors (Lipinski definition) is 2. The Morgan fingerprint density at radius 1 is 1.37 bits per heavy atom. The summed E-state index contributed by atoms with van der Waals surface area (Å²) in [6.45, 7) is 4.71. The minimum Gasteiger partial charge on any atom is -0.491 e. The smallest absolute Gasteiger partial charge is 0.221 e. The molecule has 0 atom stereocenters. The molecule has 0 radical (unpaired) electrons. The van der Waals surface area contributed by atoms with Crippen LogP contribution in [0.15, 0.2) is 30.5 Å². The van der Waals surface area contributed by atoms with Gasteiger partial charge in [0.1, 0.15) is 5.75 Å². The molecule has 0 aliphatic rings. The molecule has 2 rings (SSSR count). The highest BCUT2D eigenvalue weighted by molar-refractivity contribution is 5.82. The van der Waals surface area contributed by atoms with Crippen molar-refractivity contribution in [2.75, 3.05) is 7.05 Å². The second-order valence-corrected chi connectivity index (χ2v) is 4.82. The van der Waals surface area contributed by atoms with E-state index in [-0.39, 0.29) is 12.0 Å². The third-order valence-electron chi connectivity index (χ3n) is 2.97. The predicted molar refractivity (Wildman–Crippen MR) is 76.4 cm³/mol. The lowest BCUT2D eigenvalue weighted by atomic mass is 10.2. The van der Waals surface area contributed by atoms with Gasteiger partial charge in [0.05, 0.1) is 6.10 Å². The lowest BCUT2D eigenvalue weighted by Crippen LogP contribution is -2.19. The highest BCUT2D eigenvalue weighted by Crippen LogP contribution is 2.23. The summed E-state index contributed by atoms with van der Waals surface area (Å²) >= 11 is 0. The number of amides is 1. The van der Waals surface area contributed by atoms with E-state index in [1.807, 2.05) is 44.3 Å². The topological polar surface area (TPSA) is 43.3 Å². The van der Waals surface area contributed by atoms with Crippen molar-refractivity contribution >= 4 is 16.8 Å². The molecule has 0 spiro atoms. The van der Waals surface area contributed by atoms with Crippen LogP contribution in [0.3, 0.4) is 0 Å². The van der Waals surface area contributed by atoms with Crippen LogP contribution in [-0.2, 0) is 11.3 Å². The quantitative estimate of drug-likeness (QED) is 0.898. The number of aryl methyl sites for hydroxylation is 1. The number of rotatable bonds is 5. The first kappa shape index (κ1) is 13.5. The molecular formula is C15H20N2O2. The highest BCUT2D eigenvalue weighted by atomic mass is 16.5. The van der Waals surface area contributed by atoms with Crippen LogP contribution in [0, 0.1) is 0 Å². The third-order valence-corrected chi connectivity index (χ3v) is 2.97. The minimum absolute atomic E-state index is 0.0570. The summed E-state index contributed by atoms with van der Waals surface area (Å²) in [7, 11) is 1.66. The zero-order valence-electron chi connectivity index (χ0n) is 11.6. The SMILES string of the molecule is CNC(=O)CCn1ccc2cc(OC(C)C)ccc21. The average molecular weight is 260 g/mol. The minimum atomic E-state index is 0.0570. The Morgan fingerprint density at radius 2 is 2.16 bits per heavy atom. The molecule has 0 saturated carbocycles. The maximum absolute atomic E-state index is 11.3. The molecule has 1 aromatic heterocycles. The molecule has 0 aliphatic carbocycles. The summed E-state index contributed by atoms with van der Waals surface area (Å²) < 4.78 is 7.76. The number of ether oxygens (including phenoxy) is 1. The second kappa shape index (κ2) is 5.78. The standard InChI is InChI=1S/C15H20N2O2/c1-11(2)19-13-4-5-14-12(10-13)6-8-17(14)9-7-15(18)16-3/h4-6,8,10-11H,7,9H2,1-3H3,(H,16,18). The molecule has 2 aromatic rings. The number of nitrogens with zero attached hydrogens (tertiary/aromatic N) is 1. The van der Waals surface area contributed by atoms with Gasteiger partial charge in [-0.15, -0.1) is 0 Å². The molecule has 0 aliphatic heterocycles. The van der Waals surface area contributed by atoms with Crippen molar-refractivity contribution in [1.82, 2.24) is 9.88 Å². The van der Waals surface area contributed by atoms with Gasteiger partial charge in [0, 0.05) is 37.1 Å². The number of carbonyl (C=O) groups is 1. The molecule has 102 valence electrons. The van der Waals surface area contributed by atoms with Gasteiger partial charge in [-0.2, -0.15) is 0 Å². The lowest BCUT2D eigenvalue weighted by Gasteiger charge is -2.10. The van der Waals surface area contributed by atoms with Gasteiger partial charge in [-0.25, -0.2) is 0 Å². The van der Waals surface area contributed by atoms with Crippen LogP contribution in [0.1, 0.15) is 20.3 Å². The summed E-state index contributed by atoms with van der Waals surface area (Å²) in [5, 5.41) is 3.77. The lowest BCUT2D eigenvalue weighted by molar-refractivity contribution is -0.120. The van der Waals surface area contributed by atoms with E-state index in [1.54, 1.807) is 7.05 Å². The third kappa shape index (κ3) is 3.28. The molecule has 0 unspecified atom stereocenters. The van der Waals surface area contributed by atoms with Gasteiger partial charge in [0.15, 0.2) is 0 Å². The highest BCUT2D eigenvalue weighted by Gasteiger charge is 2.05. The number of aromatic nitrogens is 1. The number of nitrogens with one attached hydrogen (secondary N) is 1. The van der Waals surface area contributed by atoms with E-state index in [0.717, 1.165) is 16.7 Å². The number of hydrogen-bond donors (Lipinski definition) is 1. The Morgan fingerprint density at radius 3 is 2.84 bits per heavy atom. The molecule has 0 fully saturated rings. The fourth-order valence-corrected chi connectivity index (χ4v) is 2.07. The number of fused-ring (bicyclic) bond motifs is 1. The van der Waals surface area contributed by atoms with Crippen molar-refractivity contribution in [3.63, 3.8) is 0 Å². The van der Waals surface area contributed by atoms with Crippen molar-refractivity contribution < 1.29 is 9.53 Å². The molecule has 1 amide bonds. The molecule has 0 bridgehead atoms. The van der Waals surface area contributed by atoms with Gasteiger partial charge < -0.3 is 14.6 Å². The van der Waals surface area contributed by atoms with Crippen LogP contribution in [0.5, 0.6) is 5.75 Å². The van der Waals surface area contributed by atoms with E-state index < -0.39 is 0 Å². The van der Waals surface area contributed by atoms with Crippen molar-refractivity contribution in [2.45, 2.75) is 32.9 Å². The van der Waals surface area contributed by atoms with Crippen molar-refractivity contribution in [3.8, 4) is 5.75 Å². The molecule has 1 N–H and O–H groups in total. The maximum Gasteiger partial charge on any atom is 0.221 e. The second-order valence-electron chi connectivity index (χ2n) is 4.82. The first-order valence-corrected chi connectivity index (χ1v) is 6.56. The summed E-state index contributed by atoms with van der Waals surface area (Å²) in [6, 6.07) is 8.09. The summed E-state index contributed by atoms with van der Waals surface area (Å²) in [4.78, 5) is 11.3. The maximum atomic E-state index is 11.3. The van der Waals surface area contributed by atoms with Gasteiger partial charge in [0.2, 0.25) is 5.91 Å². The van der Waals surface area contributed by atoms with E-state index in [9.17, 15) is 4.79 Å². The van der Waals surface area contributed by atoms with Crippen LogP contribution >= 0.6 is 0 Å². The van der Waals surface area contributed by atoms with Crippen molar-refractivity contribution in [1.29, 1.82) is 0 Å². The van der Waals surface area contributed by atoms with Crippen LogP contribution in [0.2, 0.25) is 0 Å². The fraction of sp³-hybridized carbons (Fsp3) is 0.400. The van der Waals surface area contributed by atoms with Crippen LogP contribution in [0.25, 0.3) is 10.9 Å². The van der Waals surface area contributed by atoms with E-state index >= 15 is 0 Å². The predicted octanol–water partition coefficient (Wildman–Crippen LogP) is 2.56. The van der Waals surface area contributed by atoms with E-state index in [4.69, 9.17) is 4.74 Å². The van der Waals surface area contributed by atoms with Gasteiger partial charge in [-0.1, -0.05) is 0 Å². The summed E-state index contributed by atoms with van der Waals surface area (Å²) in [5.74, 6) is 0.938. The summed E-state index contributed by atoms with van der Waals surface area (Å²) in [5.41, 5.74) is 1.13. The number of carbonyl (C=O) groups excluding carboxylic acids is 1. The largest absolute Gasteiger partial charge is 0.491 e. The Balaban J connectivity index is 2.17. The zero-order chi connectivity index (χ0) is 13.8. The Kier molecular flexibility index (Phi) is 4.10. The van der Waals surface area contributed by atoms with Crippen LogP contribution in [-0.4, -0.2) is 23.6 Å². The molecule has 19 heavy (non-hydrogen) atoms. The Bertz CT molecular complexity index is 573. The molecule has 1 heterocycles. The first-order valence-electron chi connectivity index (χ1n) is 6.56. The van der Waals surface area contributed by atoms with E-state index in [1.165, 1.54) is 0 Å². The normalized spacial score (nSPS) is 10.9. The van der Waals surface area contributed by atoms with Crippen molar-refractivity contribution in [2.24, 2.45) is 0 Å². The fourth-order valence-electron chi connectivity index (χ4n) is 2.07. The molecule has 4 heteroatoms. The van der Waals surface area contributed by atoms with Gasteiger partial charge >= 0.3 is 0 Å². The van der Waals surface area contributed by atoms with Crippen LogP contribution in [0.4, 0.5) is 0 Å². The average Bonchev–Trinajstić information content (AvgIpc) is 2.77. The first-order chi connectivity index (χ1) is 9.10. The monoisotopic (exact) mass is 260 g/mol. The van der Waals surface area contributed by atoms with Gasteiger partial charge in [-0.05, 0) is 38.1 Å². The Hall–Kier alpha value is -1.97. The number of benzene rings is 1. The molecule has 1 aromatic carbocycles. The van der Waals surface area contributed by atoms with E-state index in [0.29, 0.717) is 13.0 Å². The van der Waals surface area contributed by atoms with E-state index in [2.05, 4.69) is 9.88 Å². The van der Waals surface area contributed by atoms with Crippen LogP contribution < -0.4 is 10.1 Å². The molecule has 4 nitrogen and oxygen atoms in total. The molecule has 0 saturated heterocycles. The zero-order valence-corrected chi connectivity index (χ0v) is 11.6. The Labute approximate surface area is 113 Å². The molecular weight excluding hydrogens is 240 g/mol. The summed E-state index contributed by atoms with van der Waals surface area (Å²) in [6.07, 6.45) is 2.67.